The molecule has 1 aromatic carbocycles. The molecule has 2 bridgehead atoms. The second-order valence-electron chi connectivity index (χ2n) is 11.1. The van der Waals surface area contributed by atoms with Crippen LogP contribution >= 0.6 is 0 Å². The van der Waals surface area contributed by atoms with Gasteiger partial charge in [-0.25, -0.2) is 8.42 Å². The molecule has 4 nitrogen and oxygen atoms in total. The van der Waals surface area contributed by atoms with E-state index in [2.05, 4.69) is 45.6 Å². The van der Waals surface area contributed by atoms with E-state index in [0.29, 0.717) is 22.8 Å². The van der Waals surface area contributed by atoms with Gasteiger partial charge in [0.05, 0.1) is 4.90 Å². The molecule has 33 heavy (non-hydrogen) atoms. The Morgan fingerprint density at radius 3 is 2.21 bits per heavy atom. The van der Waals surface area contributed by atoms with Crippen molar-refractivity contribution in [3.8, 4) is 0 Å². The zero-order chi connectivity index (χ0) is 24.6. The molecule has 186 valence electrons. The molecule has 3 atom stereocenters. The van der Waals surface area contributed by atoms with Crippen molar-refractivity contribution in [3.05, 3.63) is 40.5 Å². The fraction of sp³-hybridized carbons (Fsp3) is 0.714. The molecule has 1 saturated carbocycles. The molecule has 3 unspecified atom stereocenters. The van der Waals surface area contributed by atoms with Crippen molar-refractivity contribution >= 4 is 10.0 Å². The Morgan fingerprint density at radius 2 is 1.70 bits per heavy atom. The number of allylic oxidation sites excluding steroid dienone is 1. The summed E-state index contributed by atoms with van der Waals surface area (Å²) in [7, 11) is -3.60. The molecule has 0 aliphatic heterocycles. The fourth-order valence-electron chi connectivity index (χ4n) is 6.30. The smallest absolute Gasteiger partial charge is 0.244 e. The number of benzene rings is 1. The zero-order valence-electron chi connectivity index (χ0n) is 22.2. The molecule has 4 rings (SSSR count). The summed E-state index contributed by atoms with van der Waals surface area (Å²) in [5.41, 5.74) is 4.45. The summed E-state index contributed by atoms with van der Waals surface area (Å²) < 4.78 is 30.2. The summed E-state index contributed by atoms with van der Waals surface area (Å²) in [5.74, 6) is 1.27. The highest BCUT2D eigenvalue weighted by Gasteiger charge is 2.51. The summed E-state index contributed by atoms with van der Waals surface area (Å²) in [6.45, 7) is 20.8. The van der Waals surface area contributed by atoms with E-state index in [9.17, 15) is 8.42 Å². The van der Waals surface area contributed by atoms with E-state index in [1.165, 1.54) is 12.0 Å². The molecule has 3 aliphatic carbocycles. The van der Waals surface area contributed by atoms with Crippen LogP contribution in [0.2, 0.25) is 0 Å². The van der Waals surface area contributed by atoms with Crippen LogP contribution in [0.1, 0.15) is 77.0 Å². The second-order valence-corrected chi connectivity index (χ2v) is 12.9. The van der Waals surface area contributed by atoms with Crippen molar-refractivity contribution in [2.24, 2.45) is 17.3 Å². The van der Waals surface area contributed by atoms with Crippen LogP contribution in [0.15, 0.2) is 28.7 Å². The number of sulfonamides is 1. The summed E-state index contributed by atoms with van der Waals surface area (Å²) in [6, 6.07) is 3.97. The number of fused-ring (bicyclic) bond motifs is 1. The van der Waals surface area contributed by atoms with Gasteiger partial charge in [-0.05, 0) is 101 Å². The summed E-state index contributed by atoms with van der Waals surface area (Å²) in [6.07, 6.45) is 6.54. The molecule has 0 spiro atoms. The van der Waals surface area contributed by atoms with Crippen LogP contribution < -0.4 is 0 Å². The van der Waals surface area contributed by atoms with Gasteiger partial charge in [0.1, 0.15) is 0 Å². The van der Waals surface area contributed by atoms with Crippen molar-refractivity contribution in [2.45, 2.75) is 92.0 Å². The van der Waals surface area contributed by atoms with Crippen LogP contribution in [0, 0.1) is 38.0 Å². The predicted molar refractivity (Wildman–Crippen MR) is 139 cm³/mol. The highest BCUT2D eigenvalue weighted by molar-refractivity contribution is 7.89. The van der Waals surface area contributed by atoms with Crippen LogP contribution in [0.4, 0.5) is 0 Å². The first-order chi connectivity index (χ1) is 15.4. The van der Waals surface area contributed by atoms with E-state index >= 15 is 0 Å². The monoisotopic (exact) mass is 474 g/mol. The third kappa shape index (κ3) is 5.26. The van der Waals surface area contributed by atoms with Gasteiger partial charge in [0.15, 0.2) is 0 Å². The van der Waals surface area contributed by atoms with Gasteiger partial charge in [-0.2, -0.15) is 4.31 Å². The molecule has 1 aromatic rings. The quantitative estimate of drug-likeness (QED) is 0.364. The molecule has 0 radical (unpaired) electrons. The Kier molecular flexibility index (Phi) is 8.18. The van der Waals surface area contributed by atoms with Crippen molar-refractivity contribution in [1.29, 1.82) is 0 Å². The maximum absolute atomic E-state index is 14.2. The SMILES string of the molecule is CCN(CC)CCCC(C)N(CC1=CCC2CC1C2(C)C)S(=O)(=O)c1c(C)cc(C)cc1C. The van der Waals surface area contributed by atoms with Crippen molar-refractivity contribution in [2.75, 3.05) is 26.2 Å². The van der Waals surface area contributed by atoms with Gasteiger partial charge in [-0.1, -0.05) is 57.0 Å². The number of rotatable bonds is 11. The van der Waals surface area contributed by atoms with Gasteiger partial charge >= 0.3 is 0 Å². The van der Waals surface area contributed by atoms with Crippen LogP contribution in [0.25, 0.3) is 0 Å². The Bertz CT molecular complexity index is 953. The summed E-state index contributed by atoms with van der Waals surface area (Å²) in [4.78, 5) is 2.92. The molecule has 0 N–H and O–H groups in total. The first-order valence-electron chi connectivity index (χ1n) is 12.9. The van der Waals surface area contributed by atoms with Gasteiger partial charge in [-0.15, -0.1) is 0 Å². The number of aryl methyl sites for hydroxylation is 3. The highest BCUT2D eigenvalue weighted by atomic mass is 32.2. The topological polar surface area (TPSA) is 40.6 Å². The minimum atomic E-state index is -3.60. The molecular formula is C28H46N2O2S. The molecule has 1 fully saturated rings. The van der Waals surface area contributed by atoms with Gasteiger partial charge in [-0.3, -0.25) is 0 Å². The van der Waals surface area contributed by atoms with E-state index in [1.54, 1.807) is 0 Å². The first-order valence-corrected chi connectivity index (χ1v) is 14.4. The molecule has 0 heterocycles. The van der Waals surface area contributed by atoms with Gasteiger partial charge in [0.2, 0.25) is 10.0 Å². The molecule has 0 amide bonds. The lowest BCUT2D eigenvalue weighted by atomic mass is 9.49. The molecule has 0 saturated heterocycles. The van der Waals surface area contributed by atoms with Gasteiger partial charge in [0.25, 0.3) is 0 Å². The molecule has 0 aromatic heterocycles. The standard InChI is InChI=1S/C28H46N2O2S/c1-9-29(10-2)15-11-12-23(6)30(19-24-13-14-25-18-26(24)28(25,7)8)33(31,32)27-21(4)16-20(3)17-22(27)5/h13,16-17,23,25-26H,9-12,14-15,18-19H2,1-8H3. The normalized spacial score (nSPS) is 22.9. The third-order valence-electron chi connectivity index (χ3n) is 8.57. The van der Waals surface area contributed by atoms with Gasteiger partial charge in [0, 0.05) is 12.6 Å². The zero-order valence-corrected chi connectivity index (χ0v) is 23.1. The minimum absolute atomic E-state index is 0.0347. The lowest BCUT2D eigenvalue weighted by Crippen LogP contribution is -2.51. The maximum atomic E-state index is 14.2. The minimum Gasteiger partial charge on any atom is -0.304 e. The Morgan fingerprint density at radius 1 is 1.09 bits per heavy atom. The van der Waals surface area contributed by atoms with Crippen LogP contribution in [-0.4, -0.2) is 49.8 Å². The van der Waals surface area contributed by atoms with Crippen molar-refractivity contribution < 1.29 is 8.42 Å². The molecule has 5 heteroatoms. The van der Waals surface area contributed by atoms with E-state index < -0.39 is 10.0 Å². The lowest BCUT2D eigenvalue weighted by molar-refractivity contribution is -0.00943. The van der Waals surface area contributed by atoms with E-state index in [4.69, 9.17) is 0 Å². The average molecular weight is 475 g/mol. The Balaban J connectivity index is 1.91. The van der Waals surface area contributed by atoms with E-state index in [1.807, 2.05) is 37.2 Å². The summed E-state index contributed by atoms with van der Waals surface area (Å²) >= 11 is 0. The molecular weight excluding hydrogens is 428 g/mol. The first kappa shape index (κ1) is 26.4. The Hall–Kier alpha value is -1.17. The largest absolute Gasteiger partial charge is 0.304 e. The van der Waals surface area contributed by atoms with Crippen LogP contribution in [0.3, 0.4) is 0 Å². The average Bonchev–Trinajstić information content (AvgIpc) is 2.73. The maximum Gasteiger partial charge on any atom is 0.244 e. The van der Waals surface area contributed by atoms with Gasteiger partial charge < -0.3 is 4.90 Å². The Labute approximate surface area is 203 Å². The van der Waals surface area contributed by atoms with E-state index in [-0.39, 0.29) is 6.04 Å². The van der Waals surface area contributed by atoms with Crippen LogP contribution in [-0.2, 0) is 10.0 Å². The highest BCUT2D eigenvalue weighted by Crippen LogP contribution is 2.59. The predicted octanol–water partition coefficient (Wildman–Crippen LogP) is 6.11. The number of hydrogen-bond donors (Lipinski definition) is 0. The van der Waals surface area contributed by atoms with Crippen LogP contribution in [0.5, 0.6) is 0 Å². The van der Waals surface area contributed by atoms with Crippen molar-refractivity contribution in [1.82, 2.24) is 9.21 Å². The second kappa shape index (κ2) is 10.2. The number of nitrogens with zero attached hydrogens (tertiary/aromatic N) is 2. The van der Waals surface area contributed by atoms with Crippen molar-refractivity contribution in [3.63, 3.8) is 0 Å². The number of hydrogen-bond acceptors (Lipinski definition) is 3. The fourth-order valence-corrected chi connectivity index (χ4v) is 8.36. The lowest BCUT2D eigenvalue weighted by Gasteiger charge is -2.57. The molecule has 3 aliphatic rings. The third-order valence-corrected chi connectivity index (χ3v) is 10.8. The summed E-state index contributed by atoms with van der Waals surface area (Å²) in [5, 5.41) is 0. The van der Waals surface area contributed by atoms with E-state index in [0.717, 1.165) is 61.5 Å².